The Bertz CT molecular complexity index is 1580. The molecule has 0 bridgehead atoms. The van der Waals surface area contributed by atoms with Crippen molar-refractivity contribution in [1.29, 1.82) is 0 Å². The summed E-state index contributed by atoms with van der Waals surface area (Å²) >= 11 is 0. The van der Waals surface area contributed by atoms with Gasteiger partial charge in [0.25, 0.3) is 0 Å². The number of hydrogen-bond donors (Lipinski definition) is 4. The van der Waals surface area contributed by atoms with Crippen LogP contribution in [0.4, 0.5) is 5.69 Å². The van der Waals surface area contributed by atoms with E-state index in [2.05, 4.69) is 26.1 Å². The number of rotatable bonds is 11. The van der Waals surface area contributed by atoms with E-state index in [-0.39, 0.29) is 28.8 Å². The predicted molar refractivity (Wildman–Crippen MR) is 169 cm³/mol. The first-order valence-corrected chi connectivity index (χ1v) is 14.9. The highest BCUT2D eigenvalue weighted by Gasteiger charge is 2.30. The van der Waals surface area contributed by atoms with Crippen molar-refractivity contribution in [3.05, 3.63) is 62.6 Å². The second-order valence-corrected chi connectivity index (χ2v) is 11.2. The maximum absolute atomic E-state index is 13.8. The first-order valence-electron chi connectivity index (χ1n) is 14.9. The van der Waals surface area contributed by atoms with Crippen molar-refractivity contribution in [2.75, 3.05) is 26.6 Å². The second-order valence-electron chi connectivity index (χ2n) is 11.2. The highest BCUT2D eigenvalue weighted by molar-refractivity contribution is 5.86. The Labute approximate surface area is 258 Å². The van der Waals surface area contributed by atoms with Gasteiger partial charge in [-0.2, -0.15) is 5.10 Å². The third-order valence-corrected chi connectivity index (χ3v) is 8.44. The van der Waals surface area contributed by atoms with E-state index >= 15 is 0 Å². The van der Waals surface area contributed by atoms with E-state index in [0.717, 1.165) is 40.1 Å². The quantitative estimate of drug-likeness (QED) is 0.253. The molecule has 2 amide bonds. The lowest BCUT2D eigenvalue weighted by Gasteiger charge is -2.24. The number of carbonyl (C=O) groups is 2. The van der Waals surface area contributed by atoms with Crippen LogP contribution in [-0.4, -0.2) is 49.4 Å². The minimum atomic E-state index is -0.667. The molecular formula is C33H43N5O6. The van der Waals surface area contributed by atoms with Crippen molar-refractivity contribution in [3.8, 4) is 28.4 Å². The molecule has 2 aromatic carbocycles. The Kier molecular flexibility index (Phi) is 10.2. The lowest BCUT2D eigenvalue weighted by molar-refractivity contribution is -0.123. The van der Waals surface area contributed by atoms with Crippen molar-refractivity contribution >= 4 is 17.5 Å². The molecule has 0 aliphatic heterocycles. The molecule has 0 saturated carbocycles. The second kappa shape index (κ2) is 13.8. The summed E-state index contributed by atoms with van der Waals surface area (Å²) in [6, 6.07) is 5.90. The summed E-state index contributed by atoms with van der Waals surface area (Å²) in [7, 11) is 4.67. The lowest BCUT2D eigenvalue weighted by Crippen LogP contribution is -2.44. The minimum absolute atomic E-state index is 0.0750. The molecule has 11 nitrogen and oxygen atoms in total. The van der Waals surface area contributed by atoms with Crippen molar-refractivity contribution in [1.82, 2.24) is 20.8 Å². The van der Waals surface area contributed by atoms with Gasteiger partial charge in [0.15, 0.2) is 11.5 Å². The van der Waals surface area contributed by atoms with Crippen LogP contribution >= 0.6 is 0 Å². The van der Waals surface area contributed by atoms with E-state index in [1.807, 2.05) is 39.8 Å². The molecule has 1 aliphatic rings. The number of ether oxygens (including phenoxy) is 3. The molecular weight excluding hydrogens is 562 g/mol. The van der Waals surface area contributed by atoms with Gasteiger partial charge in [-0.1, -0.05) is 26.3 Å². The SMILES string of the molecule is CCC(C)C(Nc1ccc2c(cc1=O)C(NC(C)=O)CCc1cc(OC)c(OC)c(OC)c1-2)C(=O)NCc1c(C)n[nH]c1C. The Morgan fingerprint density at radius 2 is 1.82 bits per heavy atom. The Balaban J connectivity index is 1.82. The van der Waals surface area contributed by atoms with Crippen LogP contribution in [0.1, 0.15) is 67.7 Å². The minimum Gasteiger partial charge on any atom is -0.493 e. The topological polar surface area (TPSA) is 144 Å². The molecule has 3 atom stereocenters. The number of aromatic nitrogens is 2. The number of hydrogen-bond acceptors (Lipinski definition) is 8. The van der Waals surface area contributed by atoms with E-state index in [0.29, 0.717) is 42.2 Å². The van der Waals surface area contributed by atoms with E-state index in [4.69, 9.17) is 14.2 Å². The van der Waals surface area contributed by atoms with Gasteiger partial charge in [0.05, 0.1) is 38.8 Å². The van der Waals surface area contributed by atoms with Gasteiger partial charge in [0, 0.05) is 30.3 Å². The fourth-order valence-corrected chi connectivity index (χ4v) is 5.82. The Morgan fingerprint density at radius 3 is 2.41 bits per heavy atom. The van der Waals surface area contributed by atoms with Crippen LogP contribution in [0.3, 0.4) is 0 Å². The molecule has 0 radical (unpaired) electrons. The number of methoxy groups -OCH3 is 3. The van der Waals surface area contributed by atoms with Crippen LogP contribution in [0.2, 0.25) is 0 Å². The summed E-state index contributed by atoms with van der Waals surface area (Å²) in [4.78, 5) is 39.6. The molecule has 0 spiro atoms. The van der Waals surface area contributed by atoms with Gasteiger partial charge in [-0.25, -0.2) is 0 Å². The summed E-state index contributed by atoms with van der Waals surface area (Å²) in [6.07, 6.45) is 1.87. The van der Waals surface area contributed by atoms with Gasteiger partial charge in [-0.15, -0.1) is 0 Å². The summed E-state index contributed by atoms with van der Waals surface area (Å²) in [6.45, 7) is 9.56. The number of fused-ring (bicyclic) bond motifs is 3. The van der Waals surface area contributed by atoms with E-state index in [1.54, 1.807) is 33.5 Å². The van der Waals surface area contributed by atoms with Crippen LogP contribution in [0.5, 0.6) is 17.2 Å². The van der Waals surface area contributed by atoms with Gasteiger partial charge in [-0.3, -0.25) is 19.5 Å². The molecule has 1 aromatic heterocycles. The van der Waals surface area contributed by atoms with Gasteiger partial charge in [0.2, 0.25) is 23.0 Å². The highest BCUT2D eigenvalue weighted by Crippen LogP contribution is 2.50. The Hall–Kier alpha value is -4.54. The monoisotopic (exact) mass is 605 g/mol. The molecule has 1 heterocycles. The maximum Gasteiger partial charge on any atom is 0.243 e. The van der Waals surface area contributed by atoms with Crippen LogP contribution in [0.25, 0.3) is 11.1 Å². The molecule has 11 heteroatoms. The molecule has 44 heavy (non-hydrogen) atoms. The number of H-pyrrole nitrogens is 1. The zero-order chi connectivity index (χ0) is 32.1. The third-order valence-electron chi connectivity index (χ3n) is 8.44. The first-order chi connectivity index (χ1) is 21.0. The summed E-state index contributed by atoms with van der Waals surface area (Å²) in [5, 5.41) is 16.4. The van der Waals surface area contributed by atoms with Crippen LogP contribution in [0, 0.1) is 19.8 Å². The highest BCUT2D eigenvalue weighted by atomic mass is 16.5. The number of nitrogens with zero attached hydrogens (tertiary/aromatic N) is 1. The molecule has 236 valence electrons. The van der Waals surface area contributed by atoms with Crippen molar-refractivity contribution in [2.45, 2.75) is 72.5 Å². The smallest absolute Gasteiger partial charge is 0.243 e. The largest absolute Gasteiger partial charge is 0.493 e. The van der Waals surface area contributed by atoms with E-state index in [1.165, 1.54) is 6.92 Å². The Morgan fingerprint density at radius 1 is 1.09 bits per heavy atom. The molecule has 0 saturated heterocycles. The van der Waals surface area contributed by atoms with Crippen molar-refractivity contribution in [3.63, 3.8) is 0 Å². The van der Waals surface area contributed by atoms with Crippen molar-refractivity contribution in [2.24, 2.45) is 5.92 Å². The number of benzene rings is 1. The molecule has 3 aromatic rings. The lowest BCUT2D eigenvalue weighted by atomic mass is 9.95. The van der Waals surface area contributed by atoms with Gasteiger partial charge < -0.3 is 30.2 Å². The molecule has 0 fully saturated rings. The zero-order valence-corrected chi connectivity index (χ0v) is 26.8. The number of anilines is 1. The van der Waals surface area contributed by atoms with Gasteiger partial charge in [-0.05, 0) is 67.5 Å². The molecule has 1 aliphatic carbocycles. The fourth-order valence-electron chi connectivity index (χ4n) is 5.82. The fraction of sp³-hybridized carbons (Fsp3) is 0.455. The van der Waals surface area contributed by atoms with E-state index in [9.17, 15) is 14.4 Å². The molecule has 4 N–H and O–H groups in total. The third kappa shape index (κ3) is 6.51. The molecule has 4 rings (SSSR count). The van der Waals surface area contributed by atoms with Gasteiger partial charge >= 0.3 is 0 Å². The van der Waals surface area contributed by atoms with Crippen LogP contribution in [0.15, 0.2) is 29.1 Å². The van der Waals surface area contributed by atoms with Crippen LogP contribution < -0.4 is 35.6 Å². The number of amides is 2. The van der Waals surface area contributed by atoms with Gasteiger partial charge in [0.1, 0.15) is 6.04 Å². The standard InChI is InChI=1S/C33H43N5O6/c1-9-17(2)30(33(41)34-16-24-18(3)37-38-19(24)4)36-26-13-11-22-23(15-27(26)40)25(35-20(5)39)12-10-21-14-28(42-6)31(43-7)32(44-8)29(21)22/h11,13-15,17,25,30H,9-10,12,16H2,1-8H3,(H,34,41)(H,35,39)(H,36,40)(H,37,38). The normalized spacial score (nSPS) is 15.1. The number of aryl methyl sites for hydroxylation is 3. The summed E-state index contributed by atoms with van der Waals surface area (Å²) < 4.78 is 17.1. The number of aromatic amines is 1. The number of carbonyl (C=O) groups excluding carboxylic acids is 2. The predicted octanol–water partition coefficient (Wildman–Crippen LogP) is 4.35. The van der Waals surface area contributed by atoms with E-state index < -0.39 is 12.1 Å². The summed E-state index contributed by atoms with van der Waals surface area (Å²) in [5.41, 5.74) is 5.70. The average Bonchev–Trinajstić information content (AvgIpc) is 3.15. The maximum atomic E-state index is 13.8. The summed E-state index contributed by atoms with van der Waals surface area (Å²) in [5.74, 6) is 0.935. The zero-order valence-electron chi connectivity index (χ0n) is 26.8. The molecule has 3 unspecified atom stereocenters. The average molecular weight is 606 g/mol. The first kappa shape index (κ1) is 32.4. The number of nitrogens with one attached hydrogen (secondary N) is 4. The van der Waals surface area contributed by atoms with Crippen molar-refractivity contribution < 1.29 is 23.8 Å². The van der Waals surface area contributed by atoms with Crippen LogP contribution in [-0.2, 0) is 22.6 Å².